The number of carbonyl (C=O) groups excluding carboxylic acids is 2. The smallest absolute Gasteiger partial charge is 0.252 e. The van der Waals surface area contributed by atoms with Crippen LogP contribution in [-0.4, -0.2) is 37.3 Å². The van der Waals surface area contributed by atoms with Crippen LogP contribution in [-0.2, 0) is 11.2 Å². The number of hydrogen-bond donors (Lipinski definition) is 1. The van der Waals surface area contributed by atoms with Crippen LogP contribution in [0.1, 0.15) is 15.9 Å². The Kier molecular flexibility index (Phi) is 7.07. The first kappa shape index (κ1) is 21.9. The largest absolute Gasteiger partial charge is 0.492 e. The van der Waals surface area contributed by atoms with E-state index in [0.717, 1.165) is 17.0 Å². The Morgan fingerprint density at radius 3 is 2.59 bits per heavy atom. The van der Waals surface area contributed by atoms with Crippen LogP contribution in [0.4, 0.5) is 10.1 Å². The van der Waals surface area contributed by atoms with E-state index in [1.54, 1.807) is 24.3 Å². The highest BCUT2D eigenvalue weighted by atomic mass is 32.2. The van der Waals surface area contributed by atoms with Crippen LogP contribution < -0.4 is 15.0 Å². The molecule has 0 bridgehead atoms. The number of thioether (sulfide) groups is 1. The van der Waals surface area contributed by atoms with E-state index in [2.05, 4.69) is 11.4 Å². The first-order valence-electron chi connectivity index (χ1n) is 10.4. The summed E-state index contributed by atoms with van der Waals surface area (Å²) < 4.78 is 18.4. The van der Waals surface area contributed by atoms with Crippen molar-refractivity contribution in [2.24, 2.45) is 0 Å². The second-order valence-electron chi connectivity index (χ2n) is 7.27. The third-order valence-electron chi connectivity index (χ3n) is 5.14. The highest BCUT2D eigenvalue weighted by Crippen LogP contribution is 2.29. The molecule has 0 saturated heterocycles. The molecule has 1 aliphatic rings. The van der Waals surface area contributed by atoms with Crippen molar-refractivity contribution in [1.29, 1.82) is 0 Å². The van der Waals surface area contributed by atoms with Crippen molar-refractivity contribution in [2.45, 2.75) is 11.3 Å². The number of halogens is 1. The van der Waals surface area contributed by atoms with Gasteiger partial charge in [-0.3, -0.25) is 9.59 Å². The second-order valence-corrected chi connectivity index (χ2v) is 8.28. The molecule has 0 aliphatic carbocycles. The summed E-state index contributed by atoms with van der Waals surface area (Å²) in [6.45, 7) is 1.26. The van der Waals surface area contributed by atoms with Crippen LogP contribution in [0.25, 0.3) is 0 Å². The number of hydrogen-bond acceptors (Lipinski definition) is 4. The van der Waals surface area contributed by atoms with E-state index in [4.69, 9.17) is 4.74 Å². The molecular weight excluding hydrogens is 427 g/mol. The van der Waals surface area contributed by atoms with Gasteiger partial charge in [0.05, 0.1) is 17.9 Å². The minimum absolute atomic E-state index is 0.0304. The van der Waals surface area contributed by atoms with Gasteiger partial charge in [0.1, 0.15) is 18.2 Å². The molecule has 1 aliphatic heterocycles. The fourth-order valence-electron chi connectivity index (χ4n) is 3.55. The van der Waals surface area contributed by atoms with E-state index in [9.17, 15) is 14.0 Å². The molecule has 0 radical (unpaired) electrons. The molecule has 3 aromatic carbocycles. The van der Waals surface area contributed by atoms with Crippen molar-refractivity contribution in [3.05, 3.63) is 89.7 Å². The zero-order chi connectivity index (χ0) is 22.3. The number of nitrogens with one attached hydrogen (secondary N) is 1. The maximum absolute atomic E-state index is 12.9. The van der Waals surface area contributed by atoms with E-state index in [0.29, 0.717) is 24.4 Å². The van der Waals surface area contributed by atoms with Crippen LogP contribution in [0.5, 0.6) is 5.75 Å². The van der Waals surface area contributed by atoms with Crippen molar-refractivity contribution >= 4 is 29.3 Å². The topological polar surface area (TPSA) is 58.6 Å². The third kappa shape index (κ3) is 5.29. The van der Waals surface area contributed by atoms with Gasteiger partial charge in [-0.05, 0) is 54.4 Å². The SMILES string of the molecule is O=C(NCCOc1ccc(F)cc1)c1ccccc1SCC(=O)N1CCc2ccccc21. The molecule has 3 aromatic rings. The molecular formula is C25H23FN2O3S. The summed E-state index contributed by atoms with van der Waals surface area (Å²) in [5.41, 5.74) is 2.69. The van der Waals surface area contributed by atoms with Gasteiger partial charge in [0, 0.05) is 17.1 Å². The van der Waals surface area contributed by atoms with E-state index in [1.165, 1.54) is 29.5 Å². The van der Waals surface area contributed by atoms with Crippen molar-refractivity contribution in [3.8, 4) is 5.75 Å². The van der Waals surface area contributed by atoms with Gasteiger partial charge in [-0.2, -0.15) is 0 Å². The van der Waals surface area contributed by atoms with Gasteiger partial charge in [-0.1, -0.05) is 30.3 Å². The lowest BCUT2D eigenvalue weighted by atomic mass is 10.2. The minimum Gasteiger partial charge on any atom is -0.492 e. The van der Waals surface area contributed by atoms with Crippen molar-refractivity contribution in [1.82, 2.24) is 5.32 Å². The van der Waals surface area contributed by atoms with E-state index >= 15 is 0 Å². The second kappa shape index (κ2) is 10.3. The molecule has 1 N–H and O–H groups in total. The Morgan fingerprint density at radius 2 is 1.75 bits per heavy atom. The highest BCUT2D eigenvalue weighted by molar-refractivity contribution is 8.00. The van der Waals surface area contributed by atoms with Gasteiger partial charge < -0.3 is 15.0 Å². The van der Waals surface area contributed by atoms with Gasteiger partial charge in [-0.25, -0.2) is 4.39 Å². The molecule has 0 saturated carbocycles. The van der Waals surface area contributed by atoms with Crippen LogP contribution in [0.15, 0.2) is 77.7 Å². The summed E-state index contributed by atoms with van der Waals surface area (Å²) >= 11 is 1.36. The van der Waals surface area contributed by atoms with Crippen molar-refractivity contribution in [2.75, 3.05) is 30.3 Å². The Bertz CT molecular complexity index is 1100. The number of carbonyl (C=O) groups is 2. The van der Waals surface area contributed by atoms with E-state index in [-0.39, 0.29) is 30.0 Å². The maximum atomic E-state index is 12.9. The zero-order valence-corrected chi connectivity index (χ0v) is 18.2. The van der Waals surface area contributed by atoms with Crippen molar-refractivity contribution in [3.63, 3.8) is 0 Å². The Morgan fingerprint density at radius 1 is 1.00 bits per heavy atom. The summed E-state index contributed by atoms with van der Waals surface area (Å²) in [5.74, 6) is 0.273. The quantitative estimate of drug-likeness (QED) is 0.410. The molecule has 32 heavy (non-hydrogen) atoms. The summed E-state index contributed by atoms with van der Waals surface area (Å²) in [7, 11) is 0. The van der Waals surface area contributed by atoms with E-state index < -0.39 is 0 Å². The average Bonchev–Trinajstić information content (AvgIpc) is 3.26. The van der Waals surface area contributed by atoms with Crippen LogP contribution in [0.3, 0.4) is 0 Å². The van der Waals surface area contributed by atoms with Crippen molar-refractivity contribution < 1.29 is 18.7 Å². The van der Waals surface area contributed by atoms with E-state index in [1.807, 2.05) is 35.2 Å². The number of nitrogens with zero attached hydrogens (tertiary/aromatic N) is 1. The molecule has 2 amide bonds. The fourth-order valence-corrected chi connectivity index (χ4v) is 4.48. The molecule has 0 atom stereocenters. The molecule has 0 aromatic heterocycles. The zero-order valence-electron chi connectivity index (χ0n) is 17.4. The lowest BCUT2D eigenvalue weighted by Gasteiger charge is -2.17. The molecule has 5 nitrogen and oxygen atoms in total. The number of ether oxygens (including phenoxy) is 1. The number of para-hydroxylation sites is 1. The lowest BCUT2D eigenvalue weighted by Crippen LogP contribution is -2.31. The number of benzene rings is 3. The average molecular weight is 451 g/mol. The van der Waals surface area contributed by atoms with Gasteiger partial charge in [-0.15, -0.1) is 11.8 Å². The molecule has 1 heterocycles. The third-order valence-corrected chi connectivity index (χ3v) is 6.20. The molecule has 0 unspecified atom stereocenters. The summed E-state index contributed by atoms with van der Waals surface area (Å²) in [4.78, 5) is 28.0. The van der Waals surface area contributed by atoms with Gasteiger partial charge in [0.25, 0.3) is 5.91 Å². The monoisotopic (exact) mass is 450 g/mol. The number of anilines is 1. The molecule has 0 fully saturated rings. The lowest BCUT2D eigenvalue weighted by molar-refractivity contribution is -0.116. The Balaban J connectivity index is 1.30. The summed E-state index contributed by atoms with van der Waals surface area (Å²) in [5, 5.41) is 2.83. The number of amides is 2. The molecule has 164 valence electrons. The number of rotatable bonds is 8. The molecule has 0 spiro atoms. The molecule has 4 rings (SSSR count). The standard InChI is InChI=1S/C25H23FN2O3S/c26-19-9-11-20(12-10-19)31-16-14-27-25(30)21-6-2-4-8-23(21)32-17-24(29)28-15-13-18-5-1-3-7-22(18)28/h1-12H,13-17H2,(H,27,30). The van der Waals surface area contributed by atoms with Gasteiger partial charge in [0.15, 0.2) is 0 Å². The Labute approximate surface area is 190 Å². The van der Waals surface area contributed by atoms with Crippen LogP contribution in [0.2, 0.25) is 0 Å². The fraction of sp³-hybridized carbons (Fsp3) is 0.200. The summed E-state index contributed by atoms with van der Waals surface area (Å²) in [6.07, 6.45) is 0.867. The normalized spacial score (nSPS) is 12.3. The first-order chi connectivity index (χ1) is 15.6. The Hall–Kier alpha value is -3.32. The predicted molar refractivity (Wildman–Crippen MR) is 124 cm³/mol. The number of fused-ring (bicyclic) bond motifs is 1. The minimum atomic E-state index is -0.327. The molecule has 7 heteroatoms. The first-order valence-corrected chi connectivity index (χ1v) is 11.4. The predicted octanol–water partition coefficient (Wildman–Crippen LogP) is 4.32. The van der Waals surface area contributed by atoms with Crippen LogP contribution >= 0.6 is 11.8 Å². The highest BCUT2D eigenvalue weighted by Gasteiger charge is 2.24. The van der Waals surface area contributed by atoms with Crippen LogP contribution in [0, 0.1) is 5.82 Å². The van der Waals surface area contributed by atoms with Gasteiger partial charge in [0.2, 0.25) is 5.91 Å². The maximum Gasteiger partial charge on any atom is 0.252 e. The van der Waals surface area contributed by atoms with Gasteiger partial charge >= 0.3 is 0 Å². The summed E-state index contributed by atoms with van der Waals surface area (Å²) in [6, 6.07) is 20.9.